The highest BCUT2D eigenvalue weighted by Crippen LogP contribution is 2.16. The number of aliphatic hydroxyl groups excluding tert-OH is 1. The molecule has 0 amide bonds. The number of piperidine rings is 1. The molecule has 2 N–H and O–H groups in total. The number of likely N-dealkylation sites (tertiary alicyclic amines) is 1. The summed E-state index contributed by atoms with van der Waals surface area (Å²) in [4.78, 5) is 12.6. The van der Waals surface area contributed by atoms with Crippen molar-refractivity contribution >= 4 is 18.4 Å². The SMILES string of the molecule is Cl.O=C(O)C1CCN(CCO)CC1. The number of carboxylic acid groups (broad SMARTS) is 1. The second-order valence-corrected chi connectivity index (χ2v) is 3.18. The van der Waals surface area contributed by atoms with Crippen LogP contribution in [0.15, 0.2) is 0 Å². The molecule has 0 aromatic rings. The molecule has 0 atom stereocenters. The van der Waals surface area contributed by atoms with Gasteiger partial charge in [-0.15, -0.1) is 12.4 Å². The van der Waals surface area contributed by atoms with Gasteiger partial charge in [-0.25, -0.2) is 0 Å². The molecule has 0 aromatic carbocycles. The third kappa shape index (κ3) is 3.93. The molecule has 0 saturated carbocycles. The van der Waals surface area contributed by atoms with Gasteiger partial charge in [0.05, 0.1) is 12.5 Å². The highest BCUT2D eigenvalue weighted by molar-refractivity contribution is 5.85. The molecule has 0 spiro atoms. The van der Waals surface area contributed by atoms with Crippen LogP contribution >= 0.6 is 12.4 Å². The zero-order valence-electron chi connectivity index (χ0n) is 7.48. The Kier molecular flexibility index (Phi) is 6.03. The van der Waals surface area contributed by atoms with Gasteiger partial charge in [-0.1, -0.05) is 0 Å². The third-order valence-corrected chi connectivity index (χ3v) is 2.35. The van der Waals surface area contributed by atoms with E-state index in [1.165, 1.54) is 0 Å². The molecule has 1 heterocycles. The van der Waals surface area contributed by atoms with Gasteiger partial charge in [0.1, 0.15) is 0 Å². The standard InChI is InChI=1S/C8H15NO3.ClH/c10-6-5-9-3-1-7(2-4-9)8(11)12;/h7,10H,1-6H2,(H,11,12);1H. The van der Waals surface area contributed by atoms with Crippen molar-refractivity contribution in [2.24, 2.45) is 5.92 Å². The van der Waals surface area contributed by atoms with Crippen molar-refractivity contribution in [3.05, 3.63) is 0 Å². The minimum atomic E-state index is -0.682. The number of carboxylic acids is 1. The first-order valence-electron chi connectivity index (χ1n) is 4.30. The van der Waals surface area contributed by atoms with Crippen LogP contribution in [0.2, 0.25) is 0 Å². The van der Waals surface area contributed by atoms with E-state index in [2.05, 4.69) is 4.90 Å². The van der Waals surface area contributed by atoms with Gasteiger partial charge in [-0.3, -0.25) is 4.79 Å². The maximum absolute atomic E-state index is 10.6. The Morgan fingerprint density at radius 2 is 1.92 bits per heavy atom. The Bertz CT molecular complexity index is 157. The Morgan fingerprint density at radius 3 is 2.31 bits per heavy atom. The van der Waals surface area contributed by atoms with Gasteiger partial charge >= 0.3 is 5.97 Å². The molecule has 1 rings (SSSR count). The van der Waals surface area contributed by atoms with Crippen LogP contribution in [0.5, 0.6) is 0 Å². The number of nitrogens with zero attached hydrogens (tertiary/aromatic N) is 1. The van der Waals surface area contributed by atoms with Crippen LogP contribution in [-0.4, -0.2) is 47.3 Å². The van der Waals surface area contributed by atoms with E-state index in [1.54, 1.807) is 0 Å². The smallest absolute Gasteiger partial charge is 0.306 e. The first-order valence-corrected chi connectivity index (χ1v) is 4.30. The molecule has 0 unspecified atom stereocenters. The molecule has 78 valence electrons. The molecule has 4 nitrogen and oxygen atoms in total. The third-order valence-electron chi connectivity index (χ3n) is 2.35. The van der Waals surface area contributed by atoms with E-state index in [1.807, 2.05) is 0 Å². The van der Waals surface area contributed by atoms with Crippen LogP contribution in [0.25, 0.3) is 0 Å². The molecule has 0 aromatic heterocycles. The fourth-order valence-corrected chi connectivity index (χ4v) is 1.54. The van der Waals surface area contributed by atoms with Crippen molar-refractivity contribution in [1.82, 2.24) is 4.90 Å². The summed E-state index contributed by atoms with van der Waals surface area (Å²) in [6, 6.07) is 0. The Hall–Kier alpha value is -0.320. The first kappa shape index (κ1) is 12.7. The summed E-state index contributed by atoms with van der Waals surface area (Å²) < 4.78 is 0. The minimum Gasteiger partial charge on any atom is -0.481 e. The normalized spacial score (nSPS) is 19.5. The number of halogens is 1. The van der Waals surface area contributed by atoms with Crippen molar-refractivity contribution in [1.29, 1.82) is 0 Å². The Morgan fingerprint density at radius 1 is 1.38 bits per heavy atom. The number of aliphatic carboxylic acids is 1. The predicted octanol–water partition coefficient (Wildman–Crippen LogP) is 0.197. The van der Waals surface area contributed by atoms with E-state index >= 15 is 0 Å². The lowest BCUT2D eigenvalue weighted by Crippen LogP contribution is -2.37. The van der Waals surface area contributed by atoms with E-state index in [0.29, 0.717) is 6.54 Å². The lowest BCUT2D eigenvalue weighted by molar-refractivity contribution is -0.143. The number of hydrogen-bond acceptors (Lipinski definition) is 3. The topological polar surface area (TPSA) is 60.8 Å². The average molecular weight is 210 g/mol. The molecule has 1 aliphatic rings. The first-order chi connectivity index (χ1) is 5.74. The summed E-state index contributed by atoms with van der Waals surface area (Å²) in [6.45, 7) is 2.44. The van der Waals surface area contributed by atoms with E-state index in [4.69, 9.17) is 10.2 Å². The van der Waals surface area contributed by atoms with Crippen LogP contribution in [-0.2, 0) is 4.79 Å². The maximum Gasteiger partial charge on any atom is 0.306 e. The summed E-state index contributed by atoms with van der Waals surface area (Å²) in [7, 11) is 0. The fourth-order valence-electron chi connectivity index (χ4n) is 1.54. The molecule has 0 bridgehead atoms. The van der Waals surface area contributed by atoms with Crippen LogP contribution in [0, 0.1) is 5.92 Å². The van der Waals surface area contributed by atoms with Crippen molar-refractivity contribution in [2.75, 3.05) is 26.2 Å². The van der Waals surface area contributed by atoms with Gasteiger partial charge in [0.2, 0.25) is 0 Å². The number of aliphatic hydroxyl groups is 1. The van der Waals surface area contributed by atoms with E-state index in [0.717, 1.165) is 25.9 Å². The lowest BCUT2D eigenvalue weighted by Gasteiger charge is -2.29. The van der Waals surface area contributed by atoms with E-state index < -0.39 is 5.97 Å². The largest absolute Gasteiger partial charge is 0.481 e. The number of rotatable bonds is 3. The highest BCUT2D eigenvalue weighted by atomic mass is 35.5. The summed E-state index contributed by atoms with van der Waals surface area (Å²) in [5.74, 6) is -0.849. The molecular weight excluding hydrogens is 194 g/mol. The number of hydrogen-bond donors (Lipinski definition) is 2. The minimum absolute atomic E-state index is 0. The molecule has 5 heteroatoms. The lowest BCUT2D eigenvalue weighted by atomic mass is 9.97. The zero-order chi connectivity index (χ0) is 8.97. The van der Waals surface area contributed by atoms with Crippen LogP contribution in [0.4, 0.5) is 0 Å². The van der Waals surface area contributed by atoms with Gasteiger partial charge in [0.15, 0.2) is 0 Å². The zero-order valence-corrected chi connectivity index (χ0v) is 8.29. The average Bonchev–Trinajstić information content (AvgIpc) is 2.06. The van der Waals surface area contributed by atoms with Gasteiger partial charge in [-0.05, 0) is 25.9 Å². The quantitative estimate of drug-likeness (QED) is 0.697. The van der Waals surface area contributed by atoms with Crippen molar-refractivity contribution in [2.45, 2.75) is 12.8 Å². The summed E-state index contributed by atoms with van der Waals surface area (Å²) in [6.07, 6.45) is 1.44. The molecule has 1 aliphatic heterocycles. The van der Waals surface area contributed by atoms with Crippen LogP contribution in [0.3, 0.4) is 0 Å². The second-order valence-electron chi connectivity index (χ2n) is 3.18. The van der Waals surface area contributed by atoms with Crippen molar-refractivity contribution in [3.63, 3.8) is 0 Å². The Labute approximate surface area is 84.0 Å². The summed E-state index contributed by atoms with van der Waals surface area (Å²) in [5.41, 5.74) is 0. The number of β-amino-alcohol motifs (C(OH)–C–C–N with tert-alkyl or cyclic N) is 1. The molecule has 1 fully saturated rings. The van der Waals surface area contributed by atoms with Crippen LogP contribution in [0.1, 0.15) is 12.8 Å². The summed E-state index contributed by atoms with van der Waals surface area (Å²) in [5, 5.41) is 17.3. The van der Waals surface area contributed by atoms with Crippen molar-refractivity contribution in [3.8, 4) is 0 Å². The van der Waals surface area contributed by atoms with E-state index in [-0.39, 0.29) is 24.9 Å². The highest BCUT2D eigenvalue weighted by Gasteiger charge is 2.23. The fraction of sp³-hybridized carbons (Fsp3) is 0.875. The summed E-state index contributed by atoms with van der Waals surface area (Å²) >= 11 is 0. The van der Waals surface area contributed by atoms with Gasteiger partial charge < -0.3 is 15.1 Å². The predicted molar refractivity (Wildman–Crippen MR) is 51.1 cm³/mol. The second kappa shape index (κ2) is 6.18. The molecule has 1 saturated heterocycles. The van der Waals surface area contributed by atoms with Gasteiger partial charge in [0, 0.05) is 6.54 Å². The number of carbonyl (C=O) groups is 1. The van der Waals surface area contributed by atoms with Gasteiger partial charge in [-0.2, -0.15) is 0 Å². The molecule has 0 radical (unpaired) electrons. The molecular formula is C8H16ClNO3. The van der Waals surface area contributed by atoms with Crippen LogP contribution < -0.4 is 0 Å². The molecule has 0 aliphatic carbocycles. The van der Waals surface area contributed by atoms with Gasteiger partial charge in [0.25, 0.3) is 0 Å². The van der Waals surface area contributed by atoms with Crippen molar-refractivity contribution < 1.29 is 15.0 Å². The maximum atomic E-state index is 10.6. The molecule has 13 heavy (non-hydrogen) atoms. The van der Waals surface area contributed by atoms with E-state index in [9.17, 15) is 4.79 Å². The Balaban J connectivity index is 0.00000144. The monoisotopic (exact) mass is 209 g/mol.